The summed E-state index contributed by atoms with van der Waals surface area (Å²) < 4.78 is 10.8. The Kier molecular flexibility index (Phi) is 5.16. The van der Waals surface area contributed by atoms with Crippen molar-refractivity contribution in [2.24, 2.45) is 5.92 Å². The van der Waals surface area contributed by atoms with Crippen LogP contribution in [0.4, 0.5) is 0 Å². The number of amides is 1. The largest absolute Gasteiger partial charge is 0.462 e. The molecule has 0 spiro atoms. The summed E-state index contributed by atoms with van der Waals surface area (Å²) in [4.78, 5) is 30.4. The van der Waals surface area contributed by atoms with Crippen LogP contribution in [0.5, 0.6) is 0 Å². The summed E-state index contributed by atoms with van der Waals surface area (Å²) in [6, 6.07) is 5.24. The van der Waals surface area contributed by atoms with Crippen molar-refractivity contribution < 1.29 is 18.7 Å². The molecule has 1 saturated heterocycles. The van der Waals surface area contributed by atoms with Crippen molar-refractivity contribution >= 4 is 11.9 Å². The van der Waals surface area contributed by atoms with E-state index in [0.29, 0.717) is 31.0 Å². The number of carbonyl (C=O) groups excluding carboxylic acids is 2. The van der Waals surface area contributed by atoms with Gasteiger partial charge >= 0.3 is 5.97 Å². The molecule has 0 bridgehead atoms. The van der Waals surface area contributed by atoms with Crippen molar-refractivity contribution in [2.45, 2.75) is 26.7 Å². The highest BCUT2D eigenvalue weighted by atomic mass is 16.5. The quantitative estimate of drug-likeness (QED) is 0.799. The molecule has 1 atom stereocenters. The molecular weight excluding hydrogens is 320 g/mol. The summed E-state index contributed by atoms with van der Waals surface area (Å²) in [6.07, 6.45) is 5.02. The third-order valence-corrected chi connectivity index (χ3v) is 4.32. The molecule has 25 heavy (non-hydrogen) atoms. The van der Waals surface area contributed by atoms with Gasteiger partial charge in [-0.15, -0.1) is 0 Å². The Balaban J connectivity index is 1.55. The monoisotopic (exact) mass is 342 g/mol. The number of esters is 1. The number of piperidine rings is 1. The molecule has 0 saturated carbocycles. The van der Waals surface area contributed by atoms with Crippen molar-refractivity contribution in [3.8, 4) is 0 Å². The fourth-order valence-corrected chi connectivity index (χ4v) is 3.03. The van der Waals surface area contributed by atoms with Crippen LogP contribution >= 0.6 is 0 Å². The van der Waals surface area contributed by atoms with E-state index in [2.05, 4.69) is 4.98 Å². The SMILES string of the molecule is Cc1cncc(C(=O)OCC2CCCN(C(=O)c3ccc(C)o3)C2)c1. The van der Waals surface area contributed by atoms with Crippen LogP contribution in [0.3, 0.4) is 0 Å². The first kappa shape index (κ1) is 17.2. The maximum atomic E-state index is 12.5. The Morgan fingerprint density at radius 2 is 2.16 bits per heavy atom. The van der Waals surface area contributed by atoms with Crippen LogP contribution in [0.25, 0.3) is 0 Å². The predicted octanol–water partition coefficient (Wildman–Crippen LogP) is 3.00. The first-order valence-electron chi connectivity index (χ1n) is 8.47. The standard InChI is InChI=1S/C19H22N2O4/c1-13-8-16(10-20-9-13)19(23)24-12-15-4-3-7-21(11-15)18(22)17-6-5-14(2)25-17/h5-6,8-10,15H,3-4,7,11-12H2,1-2H3. The molecule has 1 unspecified atom stereocenters. The Bertz CT molecular complexity index is 768. The maximum absolute atomic E-state index is 12.5. The lowest BCUT2D eigenvalue weighted by Gasteiger charge is -2.31. The zero-order valence-corrected chi connectivity index (χ0v) is 14.5. The zero-order valence-electron chi connectivity index (χ0n) is 14.5. The lowest BCUT2D eigenvalue weighted by atomic mass is 9.98. The third kappa shape index (κ3) is 4.26. The molecule has 6 nitrogen and oxygen atoms in total. The van der Waals surface area contributed by atoms with Gasteiger partial charge in [-0.3, -0.25) is 9.78 Å². The lowest BCUT2D eigenvalue weighted by molar-refractivity contribution is 0.0335. The number of likely N-dealkylation sites (tertiary alicyclic amines) is 1. The highest BCUT2D eigenvalue weighted by molar-refractivity contribution is 5.91. The van der Waals surface area contributed by atoms with Crippen LogP contribution in [0.1, 0.15) is 45.1 Å². The van der Waals surface area contributed by atoms with Crippen LogP contribution in [0.2, 0.25) is 0 Å². The molecule has 0 aromatic carbocycles. The van der Waals surface area contributed by atoms with Gasteiger partial charge in [0.1, 0.15) is 5.76 Å². The Labute approximate surface area is 146 Å². The molecule has 0 radical (unpaired) electrons. The highest BCUT2D eigenvalue weighted by Gasteiger charge is 2.27. The van der Waals surface area contributed by atoms with Gasteiger partial charge in [0.05, 0.1) is 12.2 Å². The van der Waals surface area contributed by atoms with E-state index >= 15 is 0 Å². The van der Waals surface area contributed by atoms with Crippen molar-refractivity contribution in [1.82, 2.24) is 9.88 Å². The van der Waals surface area contributed by atoms with Gasteiger partial charge in [-0.1, -0.05) is 0 Å². The van der Waals surface area contributed by atoms with E-state index in [1.807, 2.05) is 13.8 Å². The number of carbonyl (C=O) groups is 2. The van der Waals surface area contributed by atoms with Gasteiger partial charge in [0, 0.05) is 31.4 Å². The summed E-state index contributed by atoms with van der Waals surface area (Å²) in [5, 5.41) is 0. The second-order valence-corrected chi connectivity index (χ2v) is 6.52. The first-order valence-corrected chi connectivity index (χ1v) is 8.47. The van der Waals surface area contributed by atoms with Crippen LogP contribution in [-0.2, 0) is 4.74 Å². The molecule has 132 valence electrons. The maximum Gasteiger partial charge on any atom is 0.339 e. The van der Waals surface area contributed by atoms with Crippen LogP contribution in [0.15, 0.2) is 35.0 Å². The van der Waals surface area contributed by atoms with E-state index < -0.39 is 0 Å². The molecule has 3 rings (SSSR count). The molecular formula is C19H22N2O4. The van der Waals surface area contributed by atoms with E-state index in [9.17, 15) is 9.59 Å². The van der Waals surface area contributed by atoms with Crippen LogP contribution in [0, 0.1) is 19.8 Å². The second-order valence-electron chi connectivity index (χ2n) is 6.52. The third-order valence-electron chi connectivity index (χ3n) is 4.32. The molecule has 2 aromatic heterocycles. The fraction of sp³-hybridized carbons (Fsp3) is 0.421. The van der Waals surface area contributed by atoms with Gasteiger partial charge in [-0.05, 0) is 50.5 Å². The average molecular weight is 342 g/mol. The normalized spacial score (nSPS) is 17.4. The van der Waals surface area contributed by atoms with E-state index in [-0.39, 0.29) is 17.8 Å². The van der Waals surface area contributed by atoms with Gasteiger partial charge in [0.25, 0.3) is 5.91 Å². The molecule has 3 heterocycles. The van der Waals surface area contributed by atoms with E-state index in [1.54, 1.807) is 29.3 Å². The van der Waals surface area contributed by atoms with E-state index in [1.165, 1.54) is 6.20 Å². The van der Waals surface area contributed by atoms with Crippen LogP contribution in [-0.4, -0.2) is 41.5 Å². The number of aromatic nitrogens is 1. The summed E-state index contributed by atoms with van der Waals surface area (Å²) >= 11 is 0. The van der Waals surface area contributed by atoms with Crippen LogP contribution < -0.4 is 0 Å². The second kappa shape index (κ2) is 7.51. The smallest absolute Gasteiger partial charge is 0.339 e. The number of ether oxygens (including phenoxy) is 1. The molecule has 1 aliphatic heterocycles. The van der Waals surface area contributed by atoms with E-state index in [0.717, 1.165) is 24.2 Å². The predicted molar refractivity (Wildman–Crippen MR) is 91.3 cm³/mol. The Morgan fingerprint density at radius 3 is 2.88 bits per heavy atom. The number of nitrogens with zero attached hydrogens (tertiary/aromatic N) is 2. The van der Waals surface area contributed by atoms with Gasteiger partial charge in [-0.25, -0.2) is 4.79 Å². The van der Waals surface area contributed by atoms with Crippen molar-refractivity contribution in [3.63, 3.8) is 0 Å². The van der Waals surface area contributed by atoms with E-state index in [4.69, 9.17) is 9.15 Å². The summed E-state index contributed by atoms with van der Waals surface area (Å²) in [7, 11) is 0. The Morgan fingerprint density at radius 1 is 1.32 bits per heavy atom. The number of hydrogen-bond donors (Lipinski definition) is 0. The minimum absolute atomic E-state index is 0.105. The summed E-state index contributed by atoms with van der Waals surface area (Å²) in [5.74, 6) is 0.738. The van der Waals surface area contributed by atoms with Gasteiger partial charge in [-0.2, -0.15) is 0 Å². The lowest BCUT2D eigenvalue weighted by Crippen LogP contribution is -2.41. The molecule has 2 aromatic rings. The zero-order chi connectivity index (χ0) is 17.8. The fourth-order valence-electron chi connectivity index (χ4n) is 3.03. The number of rotatable bonds is 4. The Hall–Kier alpha value is -2.63. The number of pyridine rings is 1. The molecule has 1 amide bonds. The van der Waals surface area contributed by atoms with Crippen molar-refractivity contribution in [1.29, 1.82) is 0 Å². The average Bonchev–Trinajstić information content (AvgIpc) is 3.05. The van der Waals surface area contributed by atoms with Gasteiger partial charge < -0.3 is 14.1 Å². The number of aryl methyl sites for hydroxylation is 2. The van der Waals surface area contributed by atoms with Gasteiger partial charge in [0.2, 0.25) is 0 Å². The first-order chi connectivity index (χ1) is 12.0. The van der Waals surface area contributed by atoms with Crippen molar-refractivity contribution in [3.05, 3.63) is 53.2 Å². The number of furan rings is 1. The minimum atomic E-state index is -0.374. The topological polar surface area (TPSA) is 72.6 Å². The molecule has 0 N–H and O–H groups in total. The molecule has 1 fully saturated rings. The molecule has 6 heteroatoms. The summed E-state index contributed by atoms with van der Waals surface area (Å²) in [5.41, 5.74) is 1.37. The summed E-state index contributed by atoms with van der Waals surface area (Å²) in [6.45, 7) is 5.26. The highest BCUT2D eigenvalue weighted by Crippen LogP contribution is 2.20. The molecule has 1 aliphatic rings. The molecule has 0 aliphatic carbocycles. The number of hydrogen-bond acceptors (Lipinski definition) is 5. The van der Waals surface area contributed by atoms with Gasteiger partial charge in [0.15, 0.2) is 5.76 Å². The minimum Gasteiger partial charge on any atom is -0.462 e. The van der Waals surface area contributed by atoms with Crippen molar-refractivity contribution in [2.75, 3.05) is 19.7 Å².